The van der Waals surface area contributed by atoms with Crippen molar-refractivity contribution < 1.29 is 14.6 Å². The minimum Gasteiger partial charge on any atom is -0.480 e. The first-order chi connectivity index (χ1) is 7.72. The lowest BCUT2D eigenvalue weighted by Gasteiger charge is -2.05. The van der Waals surface area contributed by atoms with E-state index in [0.717, 1.165) is 17.9 Å². The van der Waals surface area contributed by atoms with Gasteiger partial charge in [0.1, 0.15) is 18.8 Å². The highest BCUT2D eigenvalue weighted by molar-refractivity contribution is 5.67. The molecule has 0 spiro atoms. The van der Waals surface area contributed by atoms with Crippen LogP contribution in [0.3, 0.4) is 0 Å². The second-order valence-electron chi connectivity index (χ2n) is 3.12. The number of hydrogen-bond donors (Lipinski definition) is 2. The van der Waals surface area contributed by atoms with Crippen molar-refractivity contribution in [1.82, 2.24) is 9.97 Å². The fourth-order valence-corrected chi connectivity index (χ4v) is 1.10. The third kappa shape index (κ3) is 4.70. The molecule has 0 bridgehead atoms. The van der Waals surface area contributed by atoms with Crippen LogP contribution in [0.25, 0.3) is 0 Å². The second-order valence-corrected chi connectivity index (χ2v) is 3.12. The topological polar surface area (TPSA) is 84.3 Å². The number of carbonyl (C=O) groups is 1. The van der Waals surface area contributed by atoms with Gasteiger partial charge in [0.15, 0.2) is 0 Å². The molecular formula is C10H15N3O3. The Bertz CT molecular complexity index is 344. The molecule has 0 amide bonds. The van der Waals surface area contributed by atoms with E-state index in [1.165, 1.54) is 6.33 Å². The quantitative estimate of drug-likeness (QED) is 0.659. The maximum atomic E-state index is 10.1. The van der Waals surface area contributed by atoms with Crippen molar-refractivity contribution in [3.63, 3.8) is 0 Å². The third-order valence-electron chi connectivity index (χ3n) is 1.86. The molecule has 1 rings (SSSR count). The number of ether oxygens (including phenoxy) is 1. The zero-order chi connectivity index (χ0) is 11.8. The average molecular weight is 225 g/mol. The molecule has 2 N–H and O–H groups in total. The summed E-state index contributed by atoms with van der Waals surface area (Å²) in [6, 6.07) is 1.86. The van der Waals surface area contributed by atoms with E-state index in [1.54, 1.807) is 0 Å². The molecule has 0 radical (unpaired) electrons. The summed E-state index contributed by atoms with van der Waals surface area (Å²) in [5.74, 6) is -0.235. The number of nitrogens with one attached hydrogen (secondary N) is 1. The molecule has 0 unspecified atom stereocenters. The van der Waals surface area contributed by atoms with Crippen LogP contribution in [0.15, 0.2) is 12.4 Å². The Morgan fingerprint density at radius 3 is 3.06 bits per heavy atom. The van der Waals surface area contributed by atoms with E-state index < -0.39 is 5.97 Å². The molecule has 0 fully saturated rings. The minimum atomic E-state index is -0.963. The summed E-state index contributed by atoms with van der Waals surface area (Å²) in [5, 5.41) is 11.4. The average Bonchev–Trinajstić information content (AvgIpc) is 2.28. The van der Waals surface area contributed by atoms with Crippen molar-refractivity contribution in [2.24, 2.45) is 0 Å². The smallest absolute Gasteiger partial charge is 0.329 e. The fraction of sp³-hybridized carbons (Fsp3) is 0.500. The Labute approximate surface area is 93.7 Å². The molecule has 0 aromatic carbocycles. The minimum absolute atomic E-state index is 0.272. The van der Waals surface area contributed by atoms with Gasteiger partial charge in [-0.15, -0.1) is 0 Å². The molecule has 0 saturated heterocycles. The highest BCUT2D eigenvalue weighted by Crippen LogP contribution is 2.03. The van der Waals surface area contributed by atoms with Crippen LogP contribution < -0.4 is 5.32 Å². The molecule has 0 aliphatic heterocycles. The Balaban J connectivity index is 2.23. The van der Waals surface area contributed by atoms with Crippen LogP contribution in [-0.2, 0) is 16.0 Å². The monoisotopic (exact) mass is 225 g/mol. The van der Waals surface area contributed by atoms with Crippen LogP contribution in [0.1, 0.15) is 12.6 Å². The molecule has 0 aliphatic rings. The van der Waals surface area contributed by atoms with Crippen LogP contribution in [0, 0.1) is 0 Å². The molecule has 88 valence electrons. The number of aryl methyl sites for hydroxylation is 1. The van der Waals surface area contributed by atoms with Gasteiger partial charge in [-0.1, -0.05) is 6.92 Å². The van der Waals surface area contributed by atoms with E-state index >= 15 is 0 Å². The molecule has 1 heterocycles. The van der Waals surface area contributed by atoms with E-state index in [1.807, 2.05) is 13.0 Å². The van der Waals surface area contributed by atoms with Gasteiger partial charge in [0.25, 0.3) is 0 Å². The van der Waals surface area contributed by atoms with Gasteiger partial charge in [-0.05, 0) is 6.42 Å². The van der Waals surface area contributed by atoms with E-state index in [9.17, 15) is 4.79 Å². The predicted molar refractivity (Wildman–Crippen MR) is 58.4 cm³/mol. The first kappa shape index (κ1) is 12.4. The lowest BCUT2D eigenvalue weighted by atomic mass is 10.3. The molecule has 1 aromatic heterocycles. The standard InChI is InChI=1S/C10H15N3O3/c1-2-8-5-9(13-7-12-8)11-3-4-16-6-10(14)15/h5,7H,2-4,6H2,1H3,(H,14,15)(H,11,12,13). The number of rotatable bonds is 7. The molecule has 1 aromatic rings. The summed E-state index contributed by atoms with van der Waals surface area (Å²) < 4.78 is 4.87. The SMILES string of the molecule is CCc1cc(NCCOCC(=O)O)ncn1. The van der Waals surface area contributed by atoms with E-state index in [4.69, 9.17) is 9.84 Å². The summed E-state index contributed by atoms with van der Waals surface area (Å²) in [6.07, 6.45) is 2.35. The highest BCUT2D eigenvalue weighted by atomic mass is 16.5. The summed E-state index contributed by atoms with van der Waals surface area (Å²) >= 11 is 0. The Morgan fingerprint density at radius 1 is 1.56 bits per heavy atom. The molecule has 6 heteroatoms. The largest absolute Gasteiger partial charge is 0.480 e. The van der Waals surface area contributed by atoms with Crippen LogP contribution in [0.2, 0.25) is 0 Å². The Kier molecular flexibility index (Phi) is 5.21. The number of anilines is 1. The molecule has 0 saturated carbocycles. The summed E-state index contributed by atoms with van der Waals surface area (Å²) in [5.41, 5.74) is 0.962. The van der Waals surface area contributed by atoms with Gasteiger partial charge in [0.2, 0.25) is 0 Å². The maximum Gasteiger partial charge on any atom is 0.329 e. The van der Waals surface area contributed by atoms with Gasteiger partial charge in [-0.25, -0.2) is 14.8 Å². The zero-order valence-electron chi connectivity index (χ0n) is 9.14. The number of carboxylic acid groups (broad SMARTS) is 1. The van der Waals surface area contributed by atoms with E-state index in [0.29, 0.717) is 13.2 Å². The zero-order valence-corrected chi connectivity index (χ0v) is 9.14. The van der Waals surface area contributed by atoms with E-state index in [2.05, 4.69) is 15.3 Å². The first-order valence-electron chi connectivity index (χ1n) is 5.06. The van der Waals surface area contributed by atoms with Gasteiger partial charge in [0.05, 0.1) is 6.61 Å². The van der Waals surface area contributed by atoms with Crippen LogP contribution in [0.5, 0.6) is 0 Å². The van der Waals surface area contributed by atoms with Crippen molar-refractivity contribution >= 4 is 11.8 Å². The molecular weight excluding hydrogens is 210 g/mol. The summed E-state index contributed by atoms with van der Waals surface area (Å²) in [6.45, 7) is 2.60. The van der Waals surface area contributed by atoms with Crippen LogP contribution >= 0.6 is 0 Å². The van der Waals surface area contributed by atoms with Crippen LogP contribution in [-0.4, -0.2) is 40.8 Å². The molecule has 0 aliphatic carbocycles. The Morgan fingerprint density at radius 2 is 2.38 bits per heavy atom. The van der Waals surface area contributed by atoms with Crippen molar-refractivity contribution in [1.29, 1.82) is 0 Å². The highest BCUT2D eigenvalue weighted by Gasteiger charge is 1.98. The summed E-state index contributed by atoms with van der Waals surface area (Å²) in [7, 11) is 0. The third-order valence-corrected chi connectivity index (χ3v) is 1.86. The predicted octanol–water partition coefficient (Wildman–Crippen LogP) is 0.552. The van der Waals surface area contributed by atoms with Crippen LogP contribution in [0.4, 0.5) is 5.82 Å². The second kappa shape index (κ2) is 6.73. The number of aromatic nitrogens is 2. The van der Waals surface area contributed by atoms with Crippen molar-refractivity contribution in [2.75, 3.05) is 25.1 Å². The molecule has 16 heavy (non-hydrogen) atoms. The summed E-state index contributed by atoms with van der Waals surface area (Å²) in [4.78, 5) is 18.2. The van der Waals surface area contributed by atoms with Gasteiger partial charge in [-0.3, -0.25) is 0 Å². The number of aliphatic carboxylic acids is 1. The Hall–Kier alpha value is -1.69. The van der Waals surface area contributed by atoms with Crippen molar-refractivity contribution in [3.8, 4) is 0 Å². The maximum absolute atomic E-state index is 10.1. The van der Waals surface area contributed by atoms with Crippen molar-refractivity contribution in [2.45, 2.75) is 13.3 Å². The fourth-order valence-electron chi connectivity index (χ4n) is 1.10. The van der Waals surface area contributed by atoms with Gasteiger partial charge in [-0.2, -0.15) is 0 Å². The number of hydrogen-bond acceptors (Lipinski definition) is 5. The van der Waals surface area contributed by atoms with Gasteiger partial charge in [0, 0.05) is 18.3 Å². The normalized spacial score (nSPS) is 10.1. The lowest BCUT2D eigenvalue weighted by molar-refractivity contribution is -0.142. The van der Waals surface area contributed by atoms with Gasteiger partial charge >= 0.3 is 5.97 Å². The first-order valence-corrected chi connectivity index (χ1v) is 5.06. The molecule has 6 nitrogen and oxygen atoms in total. The molecule has 0 atom stereocenters. The van der Waals surface area contributed by atoms with E-state index in [-0.39, 0.29) is 6.61 Å². The van der Waals surface area contributed by atoms with Gasteiger partial charge < -0.3 is 15.2 Å². The number of carboxylic acids is 1. The number of nitrogens with zero attached hydrogens (tertiary/aromatic N) is 2. The lowest BCUT2D eigenvalue weighted by Crippen LogP contribution is -2.14. The van der Waals surface area contributed by atoms with Crippen molar-refractivity contribution in [3.05, 3.63) is 18.1 Å².